The minimum atomic E-state index is -0.881. The molecule has 0 atom stereocenters. The number of unbranched alkanes of at least 4 members (excludes halogenated alkanes) is 2. The van der Waals surface area contributed by atoms with E-state index in [0.29, 0.717) is 6.42 Å². The van der Waals surface area contributed by atoms with Gasteiger partial charge in [-0.15, -0.1) is 0 Å². The number of carbonyl (C=O) groups is 2. The molecule has 0 aliphatic rings. The van der Waals surface area contributed by atoms with Crippen LogP contribution in [0.15, 0.2) is 11.8 Å². The van der Waals surface area contributed by atoms with Crippen LogP contribution in [-0.4, -0.2) is 24.0 Å². The zero-order chi connectivity index (χ0) is 11.0. The lowest BCUT2D eigenvalue weighted by molar-refractivity contribution is -0.139. The van der Waals surface area contributed by atoms with Crippen molar-refractivity contribution in [2.24, 2.45) is 0 Å². The molecule has 0 bridgehead atoms. The largest absolute Gasteiger partial charge is 0.502 e. The molecule has 80 valence electrons. The average molecular weight is 200 g/mol. The van der Waals surface area contributed by atoms with E-state index in [1.807, 2.05) is 6.92 Å². The monoisotopic (exact) mass is 200 g/mol. The van der Waals surface area contributed by atoms with Crippen LogP contribution in [0.5, 0.6) is 0 Å². The van der Waals surface area contributed by atoms with Crippen LogP contribution in [-0.2, 0) is 14.3 Å². The number of esters is 1. The molecule has 0 aromatic rings. The first-order valence-electron chi connectivity index (χ1n) is 4.63. The highest BCUT2D eigenvalue weighted by Gasteiger charge is 2.08. The van der Waals surface area contributed by atoms with Crippen LogP contribution in [0.25, 0.3) is 0 Å². The minimum absolute atomic E-state index is 0.249. The molecule has 1 N–H and O–H groups in total. The van der Waals surface area contributed by atoms with E-state index in [4.69, 9.17) is 5.11 Å². The molecule has 4 nitrogen and oxygen atoms in total. The van der Waals surface area contributed by atoms with E-state index in [1.54, 1.807) is 0 Å². The molecule has 0 aromatic carbocycles. The lowest BCUT2D eigenvalue weighted by Gasteiger charge is -1.97. The Morgan fingerprint density at radius 2 is 2.00 bits per heavy atom. The summed E-state index contributed by atoms with van der Waals surface area (Å²) in [6.07, 6.45) is 4.05. The average Bonchev–Trinajstić information content (AvgIpc) is 2.16. The highest BCUT2D eigenvalue weighted by atomic mass is 16.5. The molecular formula is C10H16O4. The fourth-order valence-corrected chi connectivity index (χ4v) is 0.937. The summed E-state index contributed by atoms with van der Waals surface area (Å²) in [5.74, 6) is -1.76. The zero-order valence-corrected chi connectivity index (χ0v) is 8.58. The Bertz CT molecular complexity index is 230. The number of aliphatic hydroxyl groups is 1. The minimum Gasteiger partial charge on any atom is -0.502 e. The fraction of sp³-hybridized carbons (Fsp3) is 0.600. The first kappa shape index (κ1) is 12.7. The maximum absolute atomic E-state index is 11.1. The zero-order valence-electron chi connectivity index (χ0n) is 8.58. The van der Waals surface area contributed by atoms with E-state index in [-0.39, 0.29) is 5.78 Å². The van der Waals surface area contributed by atoms with Crippen molar-refractivity contribution in [3.8, 4) is 0 Å². The summed E-state index contributed by atoms with van der Waals surface area (Å²) in [5, 5.41) is 9.01. The van der Waals surface area contributed by atoms with Gasteiger partial charge in [0, 0.05) is 12.5 Å². The maximum atomic E-state index is 11.1. The van der Waals surface area contributed by atoms with Gasteiger partial charge >= 0.3 is 5.97 Å². The molecule has 14 heavy (non-hydrogen) atoms. The Labute approximate surface area is 83.6 Å². The van der Waals surface area contributed by atoms with Crippen LogP contribution in [0.4, 0.5) is 0 Å². The quantitative estimate of drug-likeness (QED) is 0.307. The number of methoxy groups -OCH3 is 1. The second kappa shape index (κ2) is 7.12. The van der Waals surface area contributed by atoms with Gasteiger partial charge in [0.1, 0.15) is 0 Å². The van der Waals surface area contributed by atoms with E-state index in [2.05, 4.69) is 4.74 Å². The van der Waals surface area contributed by atoms with Crippen LogP contribution in [0.1, 0.15) is 32.6 Å². The highest BCUT2D eigenvalue weighted by molar-refractivity contribution is 5.97. The second-order valence-electron chi connectivity index (χ2n) is 2.94. The summed E-state index contributed by atoms with van der Waals surface area (Å²) < 4.78 is 4.23. The number of hydrogen-bond acceptors (Lipinski definition) is 4. The number of rotatable bonds is 6. The molecule has 4 heteroatoms. The van der Waals surface area contributed by atoms with Crippen molar-refractivity contribution in [2.75, 3.05) is 7.11 Å². The molecule has 0 saturated heterocycles. The summed E-state index contributed by atoms with van der Waals surface area (Å²) in [7, 11) is 1.15. The van der Waals surface area contributed by atoms with Crippen molar-refractivity contribution >= 4 is 11.8 Å². The summed E-state index contributed by atoms with van der Waals surface area (Å²) >= 11 is 0. The number of hydrogen-bond donors (Lipinski definition) is 1. The molecule has 0 unspecified atom stereocenters. The molecule has 0 spiro atoms. The van der Waals surface area contributed by atoms with Crippen molar-refractivity contribution < 1.29 is 19.4 Å². The maximum Gasteiger partial charge on any atom is 0.373 e. The summed E-state index contributed by atoms with van der Waals surface area (Å²) in [4.78, 5) is 21.8. The molecule has 0 rings (SSSR count). The predicted molar refractivity (Wildman–Crippen MR) is 51.9 cm³/mol. The van der Waals surface area contributed by atoms with Crippen molar-refractivity contribution in [1.29, 1.82) is 0 Å². The third-order valence-electron chi connectivity index (χ3n) is 1.72. The normalized spacial score (nSPS) is 11.1. The molecule has 0 amide bonds. The van der Waals surface area contributed by atoms with Crippen LogP contribution >= 0.6 is 0 Å². The van der Waals surface area contributed by atoms with E-state index < -0.39 is 11.7 Å². The number of carbonyl (C=O) groups excluding carboxylic acids is 2. The second-order valence-corrected chi connectivity index (χ2v) is 2.94. The van der Waals surface area contributed by atoms with Crippen LogP contribution in [0.3, 0.4) is 0 Å². The van der Waals surface area contributed by atoms with E-state index in [0.717, 1.165) is 32.4 Å². The Balaban J connectivity index is 3.96. The molecule has 0 radical (unpaired) electrons. The van der Waals surface area contributed by atoms with Gasteiger partial charge in [-0.05, 0) is 6.42 Å². The van der Waals surface area contributed by atoms with Crippen LogP contribution in [0.2, 0.25) is 0 Å². The van der Waals surface area contributed by atoms with E-state index in [9.17, 15) is 9.59 Å². The number of aliphatic hydroxyl groups excluding tert-OH is 1. The Hall–Kier alpha value is -1.32. The Morgan fingerprint density at radius 1 is 1.36 bits per heavy atom. The molecule has 0 aliphatic carbocycles. The SMILES string of the molecule is CCCCCC(=O)C=C(O)C(=O)OC. The van der Waals surface area contributed by atoms with Gasteiger partial charge in [-0.3, -0.25) is 4.79 Å². The predicted octanol–water partition coefficient (Wildman–Crippen LogP) is 1.75. The topological polar surface area (TPSA) is 63.6 Å². The standard InChI is InChI=1S/C10H16O4/c1-3-4-5-6-8(11)7-9(12)10(13)14-2/h7,12H,3-6H2,1-2H3. The first-order chi connectivity index (χ1) is 6.61. The van der Waals surface area contributed by atoms with Gasteiger partial charge in [-0.1, -0.05) is 19.8 Å². The summed E-state index contributed by atoms with van der Waals surface area (Å²) in [5.41, 5.74) is 0. The fourth-order valence-electron chi connectivity index (χ4n) is 0.937. The van der Waals surface area contributed by atoms with E-state index in [1.165, 1.54) is 0 Å². The van der Waals surface area contributed by atoms with Crippen LogP contribution in [0, 0.1) is 0 Å². The third kappa shape index (κ3) is 5.35. The molecule has 0 aliphatic heterocycles. The first-order valence-corrected chi connectivity index (χ1v) is 4.63. The van der Waals surface area contributed by atoms with Crippen molar-refractivity contribution in [1.82, 2.24) is 0 Å². The van der Waals surface area contributed by atoms with E-state index >= 15 is 0 Å². The van der Waals surface area contributed by atoms with Crippen molar-refractivity contribution in [2.45, 2.75) is 32.6 Å². The number of ketones is 1. The molecule has 0 fully saturated rings. The van der Waals surface area contributed by atoms with Gasteiger partial charge in [0.15, 0.2) is 5.78 Å². The van der Waals surface area contributed by atoms with Crippen molar-refractivity contribution in [3.05, 3.63) is 11.8 Å². The number of ether oxygens (including phenoxy) is 1. The molecule has 0 aromatic heterocycles. The Morgan fingerprint density at radius 3 is 2.50 bits per heavy atom. The van der Waals surface area contributed by atoms with Gasteiger partial charge in [0.05, 0.1) is 7.11 Å². The number of allylic oxidation sites excluding steroid dienone is 1. The summed E-state index contributed by atoms with van der Waals surface area (Å²) in [6.45, 7) is 2.03. The molecular weight excluding hydrogens is 184 g/mol. The van der Waals surface area contributed by atoms with Gasteiger partial charge < -0.3 is 9.84 Å². The lowest BCUT2D eigenvalue weighted by atomic mass is 10.1. The van der Waals surface area contributed by atoms with Gasteiger partial charge in [0.2, 0.25) is 5.76 Å². The Kier molecular flexibility index (Phi) is 6.45. The van der Waals surface area contributed by atoms with Crippen LogP contribution < -0.4 is 0 Å². The van der Waals surface area contributed by atoms with Crippen molar-refractivity contribution in [3.63, 3.8) is 0 Å². The third-order valence-corrected chi connectivity index (χ3v) is 1.72. The summed E-state index contributed by atoms with van der Waals surface area (Å²) in [6, 6.07) is 0. The molecule has 0 heterocycles. The van der Waals surface area contributed by atoms with Gasteiger partial charge in [0.25, 0.3) is 0 Å². The lowest BCUT2D eigenvalue weighted by Crippen LogP contribution is -2.06. The van der Waals surface area contributed by atoms with Gasteiger partial charge in [-0.25, -0.2) is 4.79 Å². The smallest absolute Gasteiger partial charge is 0.373 e. The molecule has 0 saturated carbocycles. The van der Waals surface area contributed by atoms with Gasteiger partial charge in [-0.2, -0.15) is 0 Å². The highest BCUT2D eigenvalue weighted by Crippen LogP contribution is 2.02.